The summed E-state index contributed by atoms with van der Waals surface area (Å²) >= 11 is 0. The van der Waals surface area contributed by atoms with Crippen LogP contribution in [0, 0.1) is 0 Å². The molecule has 0 radical (unpaired) electrons. The minimum Gasteiger partial charge on any atom is -0.388 e. The van der Waals surface area contributed by atoms with Crippen LogP contribution in [0.1, 0.15) is 38.1 Å². The highest BCUT2D eigenvalue weighted by Crippen LogP contribution is 2.21. The Bertz CT molecular complexity index is 459. The maximum absolute atomic E-state index is 12.2. The van der Waals surface area contributed by atoms with Crippen molar-refractivity contribution in [2.45, 2.75) is 38.8 Å². The largest absolute Gasteiger partial charge is 0.388 e. The summed E-state index contributed by atoms with van der Waals surface area (Å²) in [5, 5.41) is 12.9. The number of rotatable bonds is 4. The molecule has 4 heteroatoms. The van der Waals surface area contributed by atoms with Crippen LogP contribution >= 0.6 is 0 Å². The lowest BCUT2D eigenvalue weighted by Gasteiger charge is -2.38. The average molecular weight is 264 g/mol. The van der Waals surface area contributed by atoms with E-state index in [0.29, 0.717) is 5.56 Å². The Balaban J connectivity index is 2.93. The fraction of sp³-hybridized carbons (Fsp3) is 0.533. The molecular formula is C15H24N2O2. The molecule has 1 aromatic rings. The second kappa shape index (κ2) is 5.21. The van der Waals surface area contributed by atoms with Gasteiger partial charge < -0.3 is 15.3 Å². The van der Waals surface area contributed by atoms with E-state index in [4.69, 9.17) is 0 Å². The highest BCUT2D eigenvalue weighted by molar-refractivity contribution is 5.95. The standard InChI is InChI=1S/C15H24N2O2/c1-14(2,15(3,4)19)16-13(18)11-8-7-9-12(10-11)17(5)6/h7-10,19H,1-6H3,(H,16,18). The van der Waals surface area contributed by atoms with Gasteiger partial charge in [0.2, 0.25) is 0 Å². The number of carbonyl (C=O) groups is 1. The van der Waals surface area contributed by atoms with Gasteiger partial charge in [-0.2, -0.15) is 0 Å². The predicted octanol–water partition coefficient (Wildman–Crippen LogP) is 2.03. The molecule has 0 aliphatic rings. The molecule has 0 saturated heterocycles. The molecule has 0 aliphatic carbocycles. The number of amides is 1. The second-order valence-corrected chi connectivity index (χ2v) is 6.08. The van der Waals surface area contributed by atoms with Gasteiger partial charge in [0.1, 0.15) is 0 Å². The highest BCUT2D eigenvalue weighted by Gasteiger charge is 2.36. The molecule has 0 saturated carbocycles. The van der Waals surface area contributed by atoms with Crippen molar-refractivity contribution in [1.29, 1.82) is 0 Å². The molecule has 1 amide bonds. The maximum Gasteiger partial charge on any atom is 0.251 e. The molecule has 2 N–H and O–H groups in total. The van der Waals surface area contributed by atoms with E-state index in [2.05, 4.69) is 5.32 Å². The van der Waals surface area contributed by atoms with E-state index >= 15 is 0 Å². The lowest BCUT2D eigenvalue weighted by atomic mass is 9.85. The molecule has 0 fully saturated rings. The monoisotopic (exact) mass is 264 g/mol. The van der Waals surface area contributed by atoms with Crippen LogP contribution in [0.2, 0.25) is 0 Å². The highest BCUT2D eigenvalue weighted by atomic mass is 16.3. The number of hydrogen-bond donors (Lipinski definition) is 2. The van der Waals surface area contributed by atoms with Crippen molar-refractivity contribution in [2.75, 3.05) is 19.0 Å². The number of benzene rings is 1. The van der Waals surface area contributed by atoms with Gasteiger partial charge in [0.15, 0.2) is 0 Å². The van der Waals surface area contributed by atoms with E-state index in [-0.39, 0.29) is 5.91 Å². The van der Waals surface area contributed by atoms with E-state index in [1.165, 1.54) is 0 Å². The smallest absolute Gasteiger partial charge is 0.251 e. The summed E-state index contributed by atoms with van der Waals surface area (Å²) in [7, 11) is 3.86. The Labute approximate surface area is 115 Å². The molecule has 0 bridgehead atoms. The number of nitrogens with zero attached hydrogens (tertiary/aromatic N) is 1. The van der Waals surface area contributed by atoms with E-state index in [0.717, 1.165) is 5.69 Å². The number of hydrogen-bond acceptors (Lipinski definition) is 3. The summed E-state index contributed by atoms with van der Waals surface area (Å²) in [6.45, 7) is 6.98. The van der Waals surface area contributed by atoms with Gasteiger partial charge in [-0.3, -0.25) is 4.79 Å². The Morgan fingerprint density at radius 1 is 1.21 bits per heavy atom. The molecule has 0 aliphatic heterocycles. The van der Waals surface area contributed by atoms with Crippen molar-refractivity contribution in [1.82, 2.24) is 5.32 Å². The predicted molar refractivity (Wildman–Crippen MR) is 78.6 cm³/mol. The normalized spacial score (nSPS) is 12.2. The molecule has 0 spiro atoms. The molecule has 106 valence electrons. The fourth-order valence-corrected chi connectivity index (χ4v) is 1.43. The molecule has 1 rings (SSSR count). The number of carbonyl (C=O) groups excluding carboxylic acids is 1. The van der Waals surface area contributed by atoms with E-state index in [1.54, 1.807) is 33.8 Å². The zero-order valence-corrected chi connectivity index (χ0v) is 12.6. The molecule has 0 unspecified atom stereocenters. The van der Waals surface area contributed by atoms with Crippen LogP contribution in [0.15, 0.2) is 24.3 Å². The van der Waals surface area contributed by atoms with Crippen LogP contribution in [0.5, 0.6) is 0 Å². The first-order valence-electron chi connectivity index (χ1n) is 6.37. The van der Waals surface area contributed by atoms with Crippen molar-refractivity contribution in [3.8, 4) is 0 Å². The SMILES string of the molecule is CN(C)c1cccc(C(=O)NC(C)(C)C(C)(C)O)c1. The molecule has 19 heavy (non-hydrogen) atoms. The van der Waals surface area contributed by atoms with Gasteiger partial charge >= 0.3 is 0 Å². The molecule has 0 aromatic heterocycles. The van der Waals surface area contributed by atoms with Crippen LogP contribution in [0.25, 0.3) is 0 Å². The maximum atomic E-state index is 12.2. The van der Waals surface area contributed by atoms with E-state index < -0.39 is 11.1 Å². The molecular weight excluding hydrogens is 240 g/mol. The van der Waals surface area contributed by atoms with E-state index in [9.17, 15) is 9.90 Å². The van der Waals surface area contributed by atoms with Gasteiger partial charge in [-0.25, -0.2) is 0 Å². The minimum atomic E-state index is -0.998. The first-order chi connectivity index (χ1) is 8.54. The van der Waals surface area contributed by atoms with E-state index in [1.807, 2.05) is 37.2 Å². The number of nitrogens with one attached hydrogen (secondary N) is 1. The van der Waals surface area contributed by atoms with Crippen molar-refractivity contribution >= 4 is 11.6 Å². The summed E-state index contributed by atoms with van der Waals surface area (Å²) in [5.74, 6) is -0.184. The van der Waals surface area contributed by atoms with Crippen LogP contribution < -0.4 is 10.2 Å². The topological polar surface area (TPSA) is 52.6 Å². The Hall–Kier alpha value is -1.55. The first-order valence-corrected chi connectivity index (χ1v) is 6.37. The van der Waals surface area contributed by atoms with Gasteiger partial charge in [-0.05, 0) is 45.9 Å². The van der Waals surface area contributed by atoms with Crippen LogP contribution in [-0.2, 0) is 0 Å². The fourth-order valence-electron chi connectivity index (χ4n) is 1.43. The van der Waals surface area contributed by atoms with Gasteiger partial charge in [-0.15, -0.1) is 0 Å². The van der Waals surface area contributed by atoms with Gasteiger partial charge in [0, 0.05) is 25.3 Å². The molecule has 0 heterocycles. The Kier molecular flexibility index (Phi) is 4.25. The molecule has 4 nitrogen and oxygen atoms in total. The first kappa shape index (κ1) is 15.5. The summed E-state index contributed by atoms with van der Waals surface area (Å²) in [5.41, 5.74) is -0.155. The Morgan fingerprint density at radius 2 is 1.79 bits per heavy atom. The molecule has 0 atom stereocenters. The summed E-state index contributed by atoms with van der Waals surface area (Å²) in [6.07, 6.45) is 0. The lowest BCUT2D eigenvalue weighted by molar-refractivity contribution is -0.00292. The average Bonchev–Trinajstić information content (AvgIpc) is 2.27. The van der Waals surface area contributed by atoms with Crippen molar-refractivity contribution in [2.24, 2.45) is 0 Å². The zero-order valence-electron chi connectivity index (χ0n) is 12.6. The third-order valence-electron chi connectivity index (χ3n) is 3.58. The number of aliphatic hydroxyl groups is 1. The summed E-state index contributed by atoms with van der Waals surface area (Å²) in [4.78, 5) is 14.2. The van der Waals surface area contributed by atoms with Gasteiger partial charge in [0.25, 0.3) is 5.91 Å². The third kappa shape index (κ3) is 3.70. The Morgan fingerprint density at radius 3 is 2.26 bits per heavy atom. The van der Waals surface area contributed by atoms with Crippen molar-refractivity contribution in [3.63, 3.8) is 0 Å². The summed E-state index contributed by atoms with van der Waals surface area (Å²) < 4.78 is 0. The van der Waals surface area contributed by atoms with Crippen LogP contribution in [-0.4, -0.2) is 36.2 Å². The van der Waals surface area contributed by atoms with Crippen LogP contribution in [0.3, 0.4) is 0 Å². The van der Waals surface area contributed by atoms with Gasteiger partial charge in [0.05, 0.1) is 11.1 Å². The third-order valence-corrected chi connectivity index (χ3v) is 3.58. The van der Waals surface area contributed by atoms with Crippen LogP contribution in [0.4, 0.5) is 5.69 Å². The van der Waals surface area contributed by atoms with Crippen molar-refractivity contribution < 1.29 is 9.90 Å². The minimum absolute atomic E-state index is 0.184. The van der Waals surface area contributed by atoms with Gasteiger partial charge in [-0.1, -0.05) is 6.07 Å². The number of anilines is 1. The lowest BCUT2D eigenvalue weighted by Crippen LogP contribution is -2.57. The molecule has 1 aromatic carbocycles. The second-order valence-electron chi connectivity index (χ2n) is 6.08. The quantitative estimate of drug-likeness (QED) is 0.875. The zero-order chi connectivity index (χ0) is 14.8. The van der Waals surface area contributed by atoms with Crippen molar-refractivity contribution in [3.05, 3.63) is 29.8 Å². The summed E-state index contributed by atoms with van der Waals surface area (Å²) in [6, 6.07) is 7.39.